The molecular weight excluding hydrogens is 278 g/mol. The van der Waals surface area contributed by atoms with Crippen molar-refractivity contribution in [3.63, 3.8) is 0 Å². The van der Waals surface area contributed by atoms with Gasteiger partial charge in [0, 0.05) is 17.3 Å². The minimum absolute atomic E-state index is 0.336. The molecule has 3 rings (SSSR count). The number of anilines is 2. The molecule has 3 aromatic rings. The number of nitrogens with two attached hydrogens (primary N) is 1. The standard InChI is InChI=1S/C17H15N3S/c1-11-6-8-12(9-7-11)20-16-13-4-2-3-5-15(13)19-10-14(16)17(18)21/h2-10H,1H3,(H2,18,21)(H,19,20). The van der Waals surface area contributed by atoms with Crippen LogP contribution in [0.15, 0.2) is 54.7 Å². The van der Waals surface area contributed by atoms with Crippen LogP contribution in [0.3, 0.4) is 0 Å². The van der Waals surface area contributed by atoms with E-state index >= 15 is 0 Å². The van der Waals surface area contributed by atoms with Gasteiger partial charge < -0.3 is 11.1 Å². The number of fused-ring (bicyclic) bond motifs is 1. The molecule has 3 nitrogen and oxygen atoms in total. The van der Waals surface area contributed by atoms with E-state index in [0.717, 1.165) is 27.8 Å². The Bertz CT molecular complexity index is 810. The quantitative estimate of drug-likeness (QED) is 0.719. The van der Waals surface area contributed by atoms with E-state index in [1.807, 2.05) is 36.4 Å². The summed E-state index contributed by atoms with van der Waals surface area (Å²) in [5, 5.41) is 4.42. The summed E-state index contributed by atoms with van der Waals surface area (Å²) in [6.45, 7) is 2.06. The average Bonchev–Trinajstić information content (AvgIpc) is 2.49. The minimum Gasteiger partial charge on any atom is -0.389 e. The van der Waals surface area contributed by atoms with Crippen LogP contribution in [0.25, 0.3) is 10.9 Å². The molecule has 21 heavy (non-hydrogen) atoms. The van der Waals surface area contributed by atoms with Gasteiger partial charge in [0.15, 0.2) is 0 Å². The number of aromatic nitrogens is 1. The molecule has 0 unspecified atom stereocenters. The molecule has 104 valence electrons. The van der Waals surface area contributed by atoms with Gasteiger partial charge in [0.2, 0.25) is 0 Å². The summed E-state index contributed by atoms with van der Waals surface area (Å²) in [6, 6.07) is 16.1. The average molecular weight is 293 g/mol. The van der Waals surface area contributed by atoms with E-state index in [1.165, 1.54) is 5.56 Å². The Labute approximate surface area is 128 Å². The smallest absolute Gasteiger partial charge is 0.107 e. The van der Waals surface area contributed by atoms with Crippen LogP contribution in [0, 0.1) is 6.92 Å². The highest BCUT2D eigenvalue weighted by molar-refractivity contribution is 7.80. The number of pyridine rings is 1. The molecule has 0 saturated heterocycles. The van der Waals surface area contributed by atoms with E-state index in [0.29, 0.717) is 4.99 Å². The molecule has 4 heteroatoms. The van der Waals surface area contributed by atoms with E-state index in [4.69, 9.17) is 18.0 Å². The molecule has 1 heterocycles. The first-order chi connectivity index (χ1) is 10.1. The fourth-order valence-electron chi connectivity index (χ4n) is 2.24. The summed E-state index contributed by atoms with van der Waals surface area (Å²) < 4.78 is 0. The largest absolute Gasteiger partial charge is 0.389 e. The van der Waals surface area contributed by atoms with Crippen LogP contribution in [-0.4, -0.2) is 9.97 Å². The van der Waals surface area contributed by atoms with Crippen LogP contribution < -0.4 is 11.1 Å². The number of para-hydroxylation sites is 1. The molecule has 0 fully saturated rings. The predicted octanol–water partition coefficient (Wildman–Crippen LogP) is 3.92. The van der Waals surface area contributed by atoms with Gasteiger partial charge in [-0.05, 0) is 25.1 Å². The van der Waals surface area contributed by atoms with Crippen molar-refractivity contribution in [2.24, 2.45) is 5.73 Å². The molecule has 0 radical (unpaired) electrons. The van der Waals surface area contributed by atoms with Gasteiger partial charge in [-0.25, -0.2) is 0 Å². The molecule has 0 spiro atoms. The first kappa shape index (κ1) is 13.5. The molecule has 0 aliphatic heterocycles. The van der Waals surface area contributed by atoms with Gasteiger partial charge in [0.05, 0.1) is 16.8 Å². The third kappa shape index (κ3) is 2.71. The van der Waals surface area contributed by atoms with Crippen LogP contribution in [-0.2, 0) is 0 Å². The van der Waals surface area contributed by atoms with E-state index in [9.17, 15) is 0 Å². The number of thiocarbonyl (C=S) groups is 1. The first-order valence-electron chi connectivity index (χ1n) is 6.66. The van der Waals surface area contributed by atoms with Crippen LogP contribution in [0.1, 0.15) is 11.1 Å². The number of aryl methyl sites for hydroxylation is 1. The Balaban J connectivity index is 2.16. The lowest BCUT2D eigenvalue weighted by Gasteiger charge is -2.14. The van der Waals surface area contributed by atoms with Crippen LogP contribution in [0.5, 0.6) is 0 Å². The number of nitrogens with zero attached hydrogens (tertiary/aromatic N) is 1. The van der Waals surface area contributed by atoms with Crippen molar-refractivity contribution in [1.29, 1.82) is 0 Å². The fourth-order valence-corrected chi connectivity index (χ4v) is 2.40. The summed E-state index contributed by atoms with van der Waals surface area (Å²) in [4.78, 5) is 4.75. The van der Waals surface area contributed by atoms with Crippen molar-refractivity contribution < 1.29 is 0 Å². The Hall–Kier alpha value is -2.46. The van der Waals surface area contributed by atoms with E-state index in [2.05, 4.69) is 29.4 Å². The van der Waals surface area contributed by atoms with E-state index < -0.39 is 0 Å². The summed E-state index contributed by atoms with van der Waals surface area (Å²) in [7, 11) is 0. The molecule has 2 aromatic carbocycles. The molecular formula is C17H15N3S. The highest BCUT2D eigenvalue weighted by atomic mass is 32.1. The van der Waals surface area contributed by atoms with E-state index in [1.54, 1.807) is 6.20 Å². The predicted molar refractivity (Wildman–Crippen MR) is 92.1 cm³/mol. The normalized spacial score (nSPS) is 10.5. The number of hydrogen-bond acceptors (Lipinski definition) is 3. The molecule has 3 N–H and O–H groups in total. The highest BCUT2D eigenvalue weighted by Gasteiger charge is 2.11. The van der Waals surface area contributed by atoms with E-state index in [-0.39, 0.29) is 0 Å². The summed E-state index contributed by atoms with van der Waals surface area (Å²) in [5.74, 6) is 0. The van der Waals surface area contributed by atoms with Gasteiger partial charge in [-0.2, -0.15) is 0 Å². The second-order valence-corrected chi connectivity index (χ2v) is 5.36. The Kier molecular flexibility index (Phi) is 3.54. The van der Waals surface area contributed by atoms with Crippen molar-refractivity contribution >= 4 is 39.5 Å². The van der Waals surface area contributed by atoms with Gasteiger partial charge >= 0.3 is 0 Å². The van der Waals surface area contributed by atoms with Gasteiger partial charge in [-0.15, -0.1) is 0 Å². The fraction of sp³-hybridized carbons (Fsp3) is 0.0588. The van der Waals surface area contributed by atoms with Crippen molar-refractivity contribution in [3.05, 3.63) is 65.9 Å². The SMILES string of the molecule is Cc1ccc(Nc2c(C(N)=S)cnc3ccccc23)cc1. The third-order valence-corrected chi connectivity index (χ3v) is 3.58. The summed E-state index contributed by atoms with van der Waals surface area (Å²) in [5.41, 5.74) is 10.6. The van der Waals surface area contributed by atoms with Gasteiger partial charge in [0.1, 0.15) is 4.99 Å². The maximum atomic E-state index is 5.83. The molecule has 1 aromatic heterocycles. The Morgan fingerprint density at radius 2 is 1.81 bits per heavy atom. The number of benzene rings is 2. The summed E-state index contributed by atoms with van der Waals surface area (Å²) in [6.07, 6.45) is 1.72. The van der Waals surface area contributed by atoms with Gasteiger partial charge in [-0.3, -0.25) is 4.98 Å². The van der Waals surface area contributed by atoms with Crippen molar-refractivity contribution in [2.45, 2.75) is 6.92 Å². The second kappa shape index (κ2) is 5.50. The number of hydrogen-bond donors (Lipinski definition) is 2. The number of nitrogens with one attached hydrogen (secondary N) is 1. The lowest BCUT2D eigenvalue weighted by Crippen LogP contribution is -2.12. The van der Waals surface area contributed by atoms with Crippen molar-refractivity contribution in [3.8, 4) is 0 Å². The minimum atomic E-state index is 0.336. The zero-order valence-electron chi connectivity index (χ0n) is 11.6. The molecule has 0 aliphatic carbocycles. The van der Waals surface area contributed by atoms with Gasteiger partial charge in [0.25, 0.3) is 0 Å². The highest BCUT2D eigenvalue weighted by Crippen LogP contribution is 2.29. The van der Waals surface area contributed by atoms with Crippen molar-refractivity contribution in [1.82, 2.24) is 4.98 Å². The Morgan fingerprint density at radius 3 is 2.52 bits per heavy atom. The van der Waals surface area contributed by atoms with Crippen molar-refractivity contribution in [2.75, 3.05) is 5.32 Å². The number of rotatable bonds is 3. The van der Waals surface area contributed by atoms with Crippen LogP contribution in [0.2, 0.25) is 0 Å². The molecule has 0 atom stereocenters. The van der Waals surface area contributed by atoms with Crippen LogP contribution in [0.4, 0.5) is 11.4 Å². The zero-order chi connectivity index (χ0) is 14.8. The maximum Gasteiger partial charge on any atom is 0.107 e. The zero-order valence-corrected chi connectivity index (χ0v) is 12.4. The van der Waals surface area contributed by atoms with Gasteiger partial charge in [-0.1, -0.05) is 48.1 Å². The second-order valence-electron chi connectivity index (χ2n) is 4.92. The lowest BCUT2D eigenvalue weighted by molar-refractivity contribution is 1.38. The van der Waals surface area contributed by atoms with Crippen LogP contribution >= 0.6 is 12.2 Å². The summed E-state index contributed by atoms with van der Waals surface area (Å²) >= 11 is 5.15. The topological polar surface area (TPSA) is 50.9 Å². The lowest BCUT2D eigenvalue weighted by atomic mass is 10.1. The molecule has 0 bridgehead atoms. The molecule has 0 saturated carbocycles. The molecule has 0 aliphatic rings. The third-order valence-electron chi connectivity index (χ3n) is 3.36. The Morgan fingerprint density at radius 1 is 1.10 bits per heavy atom. The monoisotopic (exact) mass is 293 g/mol. The first-order valence-corrected chi connectivity index (χ1v) is 7.07. The molecule has 0 amide bonds. The maximum absolute atomic E-state index is 5.83.